The van der Waals surface area contributed by atoms with Gasteiger partial charge in [-0.1, -0.05) is 15.9 Å². The van der Waals surface area contributed by atoms with Gasteiger partial charge in [-0.05, 0) is 42.5 Å². The largest absolute Gasteiger partial charge is 0.496 e. The van der Waals surface area contributed by atoms with Crippen LogP contribution in [0.2, 0.25) is 0 Å². The van der Waals surface area contributed by atoms with E-state index in [1.807, 2.05) is 25.2 Å². The Bertz CT molecular complexity index is 763. The molecule has 4 N–H and O–H groups in total. The van der Waals surface area contributed by atoms with Crippen molar-refractivity contribution < 1.29 is 19.2 Å². The minimum Gasteiger partial charge on any atom is -0.496 e. The van der Waals surface area contributed by atoms with Crippen LogP contribution in [0, 0.1) is 0 Å². The third kappa shape index (κ3) is 5.58. The molecule has 6 nitrogen and oxygen atoms in total. The number of halogens is 1. The van der Waals surface area contributed by atoms with Gasteiger partial charge in [-0.25, -0.2) is 0 Å². The summed E-state index contributed by atoms with van der Waals surface area (Å²) < 4.78 is 6.33. The number of benzene rings is 2. The first kappa shape index (κ1) is 19.0. The highest BCUT2D eigenvalue weighted by atomic mass is 79.9. The van der Waals surface area contributed by atoms with Gasteiger partial charge < -0.3 is 20.7 Å². The number of anilines is 1. The SMILES string of the molecule is COc1ccc(Br)cc1C[NH+](C)CC(=O)Nc1ccc(C(N)=O)cc1. The molecule has 1 atom stereocenters. The van der Waals surface area contributed by atoms with Crippen LogP contribution in [0.15, 0.2) is 46.9 Å². The van der Waals surface area contributed by atoms with Crippen molar-refractivity contribution in [2.45, 2.75) is 6.54 Å². The van der Waals surface area contributed by atoms with Crippen LogP contribution in [-0.2, 0) is 11.3 Å². The number of ether oxygens (including phenoxy) is 1. The van der Waals surface area contributed by atoms with Crippen molar-refractivity contribution in [3.8, 4) is 5.75 Å². The topological polar surface area (TPSA) is 85.9 Å². The number of hydrogen-bond acceptors (Lipinski definition) is 3. The van der Waals surface area contributed by atoms with Crippen molar-refractivity contribution in [2.24, 2.45) is 5.73 Å². The van der Waals surface area contributed by atoms with Gasteiger partial charge in [0.1, 0.15) is 12.3 Å². The summed E-state index contributed by atoms with van der Waals surface area (Å²) in [6.45, 7) is 0.948. The average Bonchev–Trinajstić information content (AvgIpc) is 2.55. The second kappa shape index (κ2) is 8.64. The summed E-state index contributed by atoms with van der Waals surface area (Å²) in [6.07, 6.45) is 0. The number of quaternary nitrogens is 1. The van der Waals surface area contributed by atoms with Gasteiger partial charge in [0.2, 0.25) is 5.91 Å². The highest BCUT2D eigenvalue weighted by Gasteiger charge is 2.14. The van der Waals surface area contributed by atoms with Gasteiger partial charge in [0, 0.05) is 21.3 Å². The molecular formula is C18H21BrN3O3+. The maximum absolute atomic E-state index is 12.2. The molecule has 0 aromatic heterocycles. The zero-order chi connectivity index (χ0) is 18.4. The normalized spacial score (nSPS) is 11.6. The molecule has 2 amide bonds. The van der Waals surface area contributed by atoms with Gasteiger partial charge in [0.05, 0.1) is 14.2 Å². The third-order valence-electron chi connectivity index (χ3n) is 3.65. The van der Waals surface area contributed by atoms with E-state index in [4.69, 9.17) is 10.5 Å². The van der Waals surface area contributed by atoms with Gasteiger partial charge in [-0.3, -0.25) is 9.59 Å². The maximum Gasteiger partial charge on any atom is 0.279 e. The molecule has 0 fully saturated rings. The van der Waals surface area contributed by atoms with Crippen LogP contribution in [0.3, 0.4) is 0 Å². The number of carbonyl (C=O) groups is 2. The first-order valence-corrected chi connectivity index (χ1v) is 8.51. The molecule has 0 spiro atoms. The van der Waals surface area contributed by atoms with E-state index in [2.05, 4.69) is 21.2 Å². The molecule has 0 saturated carbocycles. The number of rotatable bonds is 7. The minimum absolute atomic E-state index is 0.113. The number of carbonyl (C=O) groups excluding carboxylic acids is 2. The van der Waals surface area contributed by atoms with Crippen molar-refractivity contribution in [2.75, 3.05) is 26.0 Å². The Morgan fingerprint density at radius 1 is 1.20 bits per heavy atom. The predicted molar refractivity (Wildman–Crippen MR) is 99.7 cm³/mol. The van der Waals surface area contributed by atoms with Gasteiger partial charge in [0.25, 0.3) is 5.91 Å². The van der Waals surface area contributed by atoms with Crippen LogP contribution in [0.1, 0.15) is 15.9 Å². The van der Waals surface area contributed by atoms with Crippen molar-refractivity contribution in [1.82, 2.24) is 0 Å². The summed E-state index contributed by atoms with van der Waals surface area (Å²) in [5.41, 5.74) is 7.25. The number of primary amides is 1. The van der Waals surface area contributed by atoms with E-state index >= 15 is 0 Å². The van der Waals surface area contributed by atoms with Crippen LogP contribution >= 0.6 is 15.9 Å². The highest BCUT2D eigenvalue weighted by Crippen LogP contribution is 2.22. The molecule has 1 unspecified atom stereocenters. The van der Waals surface area contributed by atoms with Crippen LogP contribution < -0.4 is 20.7 Å². The van der Waals surface area contributed by atoms with Crippen LogP contribution in [-0.4, -0.2) is 32.5 Å². The van der Waals surface area contributed by atoms with Crippen molar-refractivity contribution in [3.05, 3.63) is 58.1 Å². The Labute approximate surface area is 155 Å². The van der Waals surface area contributed by atoms with E-state index < -0.39 is 5.91 Å². The summed E-state index contributed by atoms with van der Waals surface area (Å²) in [4.78, 5) is 24.3. The van der Waals surface area contributed by atoms with E-state index in [9.17, 15) is 9.59 Å². The second-order valence-corrected chi connectivity index (χ2v) is 6.67. The minimum atomic E-state index is -0.495. The molecule has 2 rings (SSSR count). The van der Waals surface area contributed by atoms with Crippen LogP contribution in [0.25, 0.3) is 0 Å². The highest BCUT2D eigenvalue weighted by molar-refractivity contribution is 9.10. The molecule has 0 heterocycles. The Hall–Kier alpha value is -2.38. The van der Waals surface area contributed by atoms with Gasteiger partial charge >= 0.3 is 0 Å². The fraction of sp³-hybridized carbons (Fsp3) is 0.222. The van der Waals surface area contributed by atoms with E-state index in [0.29, 0.717) is 24.3 Å². The lowest BCUT2D eigenvalue weighted by molar-refractivity contribution is -0.885. The molecule has 2 aromatic rings. The van der Waals surface area contributed by atoms with Crippen LogP contribution in [0.4, 0.5) is 5.69 Å². The number of methoxy groups -OCH3 is 1. The summed E-state index contributed by atoms with van der Waals surface area (Å²) in [6, 6.07) is 12.3. The lowest BCUT2D eigenvalue weighted by Crippen LogP contribution is -3.08. The Morgan fingerprint density at radius 3 is 2.48 bits per heavy atom. The monoisotopic (exact) mass is 406 g/mol. The Morgan fingerprint density at radius 2 is 1.88 bits per heavy atom. The molecule has 0 saturated heterocycles. The second-order valence-electron chi connectivity index (χ2n) is 5.76. The number of likely N-dealkylation sites (N-methyl/N-ethyl adjacent to an activating group) is 1. The van der Waals surface area contributed by atoms with Gasteiger partial charge in [0.15, 0.2) is 6.54 Å². The fourth-order valence-corrected chi connectivity index (χ4v) is 2.88. The van der Waals surface area contributed by atoms with Gasteiger partial charge in [-0.2, -0.15) is 0 Å². The smallest absolute Gasteiger partial charge is 0.279 e. The average molecular weight is 407 g/mol. The maximum atomic E-state index is 12.2. The predicted octanol–water partition coefficient (Wildman–Crippen LogP) is 1.21. The molecule has 0 aliphatic rings. The summed E-state index contributed by atoms with van der Waals surface area (Å²) >= 11 is 3.45. The van der Waals surface area contributed by atoms with Crippen molar-refractivity contribution in [3.63, 3.8) is 0 Å². The molecule has 25 heavy (non-hydrogen) atoms. The number of nitrogens with two attached hydrogens (primary N) is 1. The Kier molecular flexibility index (Phi) is 6.55. The molecule has 0 radical (unpaired) electrons. The standard InChI is InChI=1S/C18H20BrN3O3/c1-22(10-13-9-14(19)5-8-16(13)25-2)11-17(23)21-15-6-3-12(4-7-15)18(20)24/h3-9H,10-11H2,1-2H3,(H2,20,24)(H,21,23)/p+1. The van der Waals surface area contributed by atoms with Crippen molar-refractivity contribution in [1.29, 1.82) is 0 Å². The fourth-order valence-electron chi connectivity index (χ4n) is 2.47. The molecule has 0 aliphatic carbocycles. The lowest BCUT2D eigenvalue weighted by atomic mass is 10.2. The first-order chi connectivity index (χ1) is 11.9. The zero-order valence-corrected chi connectivity index (χ0v) is 15.7. The molecular weight excluding hydrogens is 386 g/mol. The Balaban J connectivity index is 1.94. The number of hydrogen-bond donors (Lipinski definition) is 3. The summed E-state index contributed by atoms with van der Waals surface area (Å²) in [7, 11) is 3.57. The molecule has 0 aliphatic heterocycles. The van der Waals surface area contributed by atoms with E-state index in [-0.39, 0.29) is 5.91 Å². The summed E-state index contributed by atoms with van der Waals surface area (Å²) in [5, 5.41) is 2.81. The van der Waals surface area contributed by atoms with Crippen LogP contribution in [0.5, 0.6) is 5.75 Å². The first-order valence-electron chi connectivity index (χ1n) is 7.72. The van der Waals surface area contributed by atoms with Crippen molar-refractivity contribution >= 4 is 33.4 Å². The quantitative estimate of drug-likeness (QED) is 0.645. The zero-order valence-electron chi connectivity index (χ0n) is 14.1. The van der Waals surface area contributed by atoms with Gasteiger partial charge in [-0.15, -0.1) is 0 Å². The molecule has 0 bridgehead atoms. The number of amides is 2. The van der Waals surface area contributed by atoms with E-state index in [1.165, 1.54) is 0 Å². The molecule has 2 aromatic carbocycles. The number of nitrogens with one attached hydrogen (secondary N) is 2. The molecule has 7 heteroatoms. The molecule has 132 valence electrons. The summed E-state index contributed by atoms with van der Waals surface area (Å²) in [5.74, 6) is 0.188. The third-order valence-corrected chi connectivity index (χ3v) is 4.14. The van der Waals surface area contributed by atoms with E-state index in [0.717, 1.165) is 20.7 Å². The van der Waals surface area contributed by atoms with E-state index in [1.54, 1.807) is 31.4 Å². The lowest BCUT2D eigenvalue weighted by Gasteiger charge is -2.16.